The molecule has 7 nitrogen and oxygen atoms in total. The molecule has 0 radical (unpaired) electrons. The number of hydrogen-bond donors (Lipinski definition) is 1. The lowest BCUT2D eigenvalue weighted by atomic mass is 10.0. The smallest absolute Gasteiger partial charge is 0.222 e. The SMILES string of the molecule is c1cc(-c2ccc(N3CC(CNc4ncc(C5CC5)cn4)C3)nn2)ccn1. The Morgan fingerprint density at radius 1 is 0.963 bits per heavy atom. The fourth-order valence-electron chi connectivity index (χ4n) is 3.35. The fraction of sp³-hybridized carbons (Fsp3) is 0.350. The number of aromatic nitrogens is 5. The third-order valence-electron chi connectivity index (χ3n) is 5.18. The molecule has 0 amide bonds. The van der Waals surface area contributed by atoms with E-state index < -0.39 is 0 Å². The summed E-state index contributed by atoms with van der Waals surface area (Å²) in [5, 5.41) is 12.1. The van der Waals surface area contributed by atoms with Gasteiger partial charge < -0.3 is 10.2 Å². The third-order valence-corrected chi connectivity index (χ3v) is 5.18. The summed E-state index contributed by atoms with van der Waals surface area (Å²) >= 11 is 0. The highest BCUT2D eigenvalue weighted by Gasteiger charge is 2.28. The third kappa shape index (κ3) is 3.58. The van der Waals surface area contributed by atoms with Crippen molar-refractivity contribution >= 4 is 11.8 Å². The molecule has 5 rings (SSSR count). The van der Waals surface area contributed by atoms with E-state index in [0.29, 0.717) is 11.8 Å². The van der Waals surface area contributed by atoms with Crippen LogP contribution in [-0.2, 0) is 0 Å². The minimum Gasteiger partial charge on any atom is -0.354 e. The minimum absolute atomic E-state index is 0.568. The van der Waals surface area contributed by atoms with Crippen LogP contribution in [0.25, 0.3) is 11.3 Å². The van der Waals surface area contributed by atoms with Gasteiger partial charge in [0.1, 0.15) is 0 Å². The predicted octanol–water partition coefficient (Wildman–Crippen LogP) is 2.75. The molecule has 136 valence electrons. The van der Waals surface area contributed by atoms with Gasteiger partial charge in [-0.15, -0.1) is 10.2 Å². The lowest BCUT2D eigenvalue weighted by molar-refractivity contribution is 0.425. The first kappa shape index (κ1) is 16.1. The van der Waals surface area contributed by atoms with Crippen molar-refractivity contribution in [1.29, 1.82) is 0 Å². The molecule has 3 aromatic heterocycles. The van der Waals surface area contributed by atoms with Crippen LogP contribution in [0.5, 0.6) is 0 Å². The van der Waals surface area contributed by atoms with E-state index >= 15 is 0 Å². The second-order valence-corrected chi connectivity index (χ2v) is 7.28. The van der Waals surface area contributed by atoms with Crippen molar-refractivity contribution in [2.45, 2.75) is 18.8 Å². The molecule has 1 aliphatic carbocycles. The van der Waals surface area contributed by atoms with Crippen LogP contribution < -0.4 is 10.2 Å². The van der Waals surface area contributed by atoms with Crippen LogP contribution in [0.3, 0.4) is 0 Å². The van der Waals surface area contributed by atoms with Crippen LogP contribution in [0.2, 0.25) is 0 Å². The Bertz CT molecular complexity index is 886. The maximum Gasteiger partial charge on any atom is 0.222 e. The zero-order valence-corrected chi connectivity index (χ0v) is 15.0. The van der Waals surface area contributed by atoms with Crippen LogP contribution in [0, 0.1) is 5.92 Å². The number of hydrogen-bond acceptors (Lipinski definition) is 7. The monoisotopic (exact) mass is 359 g/mol. The van der Waals surface area contributed by atoms with Gasteiger partial charge in [-0.25, -0.2) is 9.97 Å². The number of nitrogens with zero attached hydrogens (tertiary/aromatic N) is 6. The maximum atomic E-state index is 4.42. The number of nitrogens with one attached hydrogen (secondary N) is 1. The first-order chi connectivity index (χ1) is 13.3. The van der Waals surface area contributed by atoms with Gasteiger partial charge in [-0.3, -0.25) is 4.98 Å². The molecule has 0 atom stereocenters. The zero-order valence-electron chi connectivity index (χ0n) is 15.0. The number of rotatable bonds is 6. The summed E-state index contributed by atoms with van der Waals surface area (Å²) in [6, 6.07) is 7.92. The number of pyridine rings is 1. The molecule has 0 spiro atoms. The van der Waals surface area contributed by atoms with Gasteiger partial charge in [0.2, 0.25) is 5.95 Å². The Labute approximate surface area is 157 Å². The predicted molar refractivity (Wildman–Crippen MR) is 103 cm³/mol. The maximum absolute atomic E-state index is 4.42. The highest BCUT2D eigenvalue weighted by atomic mass is 15.3. The summed E-state index contributed by atoms with van der Waals surface area (Å²) < 4.78 is 0. The average Bonchev–Trinajstić information content (AvgIpc) is 3.54. The molecular weight excluding hydrogens is 338 g/mol. The number of anilines is 2. The Morgan fingerprint density at radius 2 is 1.74 bits per heavy atom. The molecule has 2 aliphatic rings. The van der Waals surface area contributed by atoms with Gasteiger partial charge in [0.25, 0.3) is 0 Å². The average molecular weight is 359 g/mol. The Balaban J connectivity index is 1.12. The second kappa shape index (κ2) is 6.90. The van der Waals surface area contributed by atoms with Crippen LogP contribution in [0.1, 0.15) is 24.3 Å². The summed E-state index contributed by atoms with van der Waals surface area (Å²) in [7, 11) is 0. The molecule has 3 aromatic rings. The van der Waals surface area contributed by atoms with Crippen molar-refractivity contribution < 1.29 is 0 Å². The molecular formula is C20H21N7. The van der Waals surface area contributed by atoms with Crippen molar-refractivity contribution in [3.8, 4) is 11.3 Å². The van der Waals surface area contributed by atoms with Gasteiger partial charge in [0.15, 0.2) is 5.82 Å². The molecule has 7 heteroatoms. The van der Waals surface area contributed by atoms with E-state index in [4.69, 9.17) is 0 Å². The van der Waals surface area contributed by atoms with Gasteiger partial charge in [-0.05, 0) is 48.6 Å². The van der Waals surface area contributed by atoms with Gasteiger partial charge in [-0.2, -0.15) is 0 Å². The molecule has 1 aliphatic heterocycles. The van der Waals surface area contributed by atoms with E-state index in [9.17, 15) is 0 Å². The van der Waals surface area contributed by atoms with Gasteiger partial charge >= 0.3 is 0 Å². The minimum atomic E-state index is 0.568. The van der Waals surface area contributed by atoms with E-state index in [0.717, 1.165) is 42.7 Å². The van der Waals surface area contributed by atoms with Crippen molar-refractivity contribution in [2.75, 3.05) is 29.9 Å². The van der Waals surface area contributed by atoms with Crippen molar-refractivity contribution in [3.05, 3.63) is 54.6 Å². The normalized spacial score (nSPS) is 16.8. The highest BCUT2D eigenvalue weighted by molar-refractivity contribution is 5.59. The van der Waals surface area contributed by atoms with E-state index in [1.165, 1.54) is 18.4 Å². The topological polar surface area (TPSA) is 79.7 Å². The van der Waals surface area contributed by atoms with Crippen molar-refractivity contribution in [2.24, 2.45) is 5.92 Å². The molecule has 4 heterocycles. The Hall–Kier alpha value is -3.09. The molecule has 1 saturated carbocycles. The van der Waals surface area contributed by atoms with Crippen LogP contribution >= 0.6 is 0 Å². The molecule has 0 unspecified atom stereocenters. The van der Waals surface area contributed by atoms with E-state index in [-0.39, 0.29) is 0 Å². The van der Waals surface area contributed by atoms with Crippen LogP contribution in [0.4, 0.5) is 11.8 Å². The molecule has 0 bridgehead atoms. The Morgan fingerprint density at radius 3 is 2.41 bits per heavy atom. The highest BCUT2D eigenvalue weighted by Crippen LogP contribution is 2.39. The van der Waals surface area contributed by atoms with E-state index in [2.05, 4.69) is 35.4 Å². The molecule has 1 saturated heterocycles. The standard InChI is InChI=1S/C20H21N7/c1-2-15(1)17-10-23-20(24-11-17)22-9-14-12-27(13-14)19-4-3-18(25-26-19)16-5-7-21-8-6-16/h3-8,10-11,14-15H,1-2,9,12-13H2,(H,22,23,24). The molecule has 2 fully saturated rings. The van der Waals surface area contributed by atoms with Crippen LogP contribution in [0.15, 0.2) is 49.1 Å². The van der Waals surface area contributed by atoms with Crippen molar-refractivity contribution in [3.63, 3.8) is 0 Å². The van der Waals surface area contributed by atoms with E-state index in [1.54, 1.807) is 12.4 Å². The summed E-state index contributed by atoms with van der Waals surface area (Å²) in [6.07, 6.45) is 10.0. The summed E-state index contributed by atoms with van der Waals surface area (Å²) in [5.41, 5.74) is 3.17. The largest absolute Gasteiger partial charge is 0.354 e. The first-order valence-electron chi connectivity index (χ1n) is 9.40. The molecule has 0 aromatic carbocycles. The van der Waals surface area contributed by atoms with Gasteiger partial charge in [0.05, 0.1) is 5.69 Å². The summed E-state index contributed by atoms with van der Waals surface area (Å²) in [5.74, 6) is 2.91. The van der Waals surface area contributed by atoms with E-state index in [1.807, 2.05) is 36.7 Å². The second-order valence-electron chi connectivity index (χ2n) is 7.28. The Kier molecular flexibility index (Phi) is 4.12. The molecule has 1 N–H and O–H groups in total. The van der Waals surface area contributed by atoms with Crippen LogP contribution in [-0.4, -0.2) is 44.8 Å². The first-order valence-corrected chi connectivity index (χ1v) is 9.40. The zero-order chi connectivity index (χ0) is 18.1. The van der Waals surface area contributed by atoms with Gasteiger partial charge in [-0.1, -0.05) is 0 Å². The molecule has 27 heavy (non-hydrogen) atoms. The van der Waals surface area contributed by atoms with Crippen molar-refractivity contribution in [1.82, 2.24) is 25.1 Å². The lowest BCUT2D eigenvalue weighted by Crippen LogP contribution is -2.50. The lowest BCUT2D eigenvalue weighted by Gasteiger charge is -2.39. The summed E-state index contributed by atoms with van der Waals surface area (Å²) in [4.78, 5) is 15.1. The quantitative estimate of drug-likeness (QED) is 0.725. The van der Waals surface area contributed by atoms with Gasteiger partial charge in [0, 0.05) is 55.9 Å². The summed E-state index contributed by atoms with van der Waals surface area (Å²) in [6.45, 7) is 2.81. The fourth-order valence-corrected chi connectivity index (χ4v) is 3.35.